The molecule has 3 heteroatoms. The highest BCUT2D eigenvalue weighted by molar-refractivity contribution is 5.83. The van der Waals surface area contributed by atoms with Crippen LogP contribution in [-0.4, -0.2) is 28.3 Å². The van der Waals surface area contributed by atoms with E-state index in [1.165, 1.54) is 35.7 Å². The van der Waals surface area contributed by atoms with Crippen molar-refractivity contribution in [3.63, 3.8) is 0 Å². The number of aliphatic hydroxyl groups is 1. The number of rotatable bonds is 6. The highest BCUT2D eigenvalue weighted by atomic mass is 16.3. The van der Waals surface area contributed by atoms with Crippen molar-refractivity contribution < 1.29 is 5.11 Å². The lowest BCUT2D eigenvalue weighted by Gasteiger charge is -2.71. The topological polar surface area (TPSA) is 48.0 Å². The number of hydrogen-bond acceptors (Lipinski definition) is 2. The summed E-state index contributed by atoms with van der Waals surface area (Å²) in [5.74, 6) is 0. The average molecular weight is 284 g/mol. The average Bonchev–Trinajstić information content (AvgIpc) is 2.83. The Morgan fingerprint density at radius 3 is 2.76 bits per heavy atom. The van der Waals surface area contributed by atoms with Crippen LogP contribution in [0.2, 0.25) is 0 Å². The van der Waals surface area contributed by atoms with Crippen LogP contribution < -0.4 is 5.32 Å². The first-order valence-corrected chi connectivity index (χ1v) is 8.11. The highest BCUT2D eigenvalue weighted by Gasteiger charge is 2.67. The smallest absolute Gasteiger partial charge is 0.0489 e. The van der Waals surface area contributed by atoms with E-state index in [1.54, 1.807) is 0 Å². The van der Waals surface area contributed by atoms with Crippen molar-refractivity contribution in [2.45, 2.75) is 50.6 Å². The maximum absolute atomic E-state index is 9.38. The first-order chi connectivity index (χ1) is 10.2. The number of nitrogens with one attached hydrogen (secondary N) is 2. The van der Waals surface area contributed by atoms with Crippen LogP contribution in [0.5, 0.6) is 0 Å². The number of aliphatic hydroxyl groups excluding tert-OH is 1. The molecule has 3 aliphatic carbocycles. The molecule has 1 atom stereocenters. The Morgan fingerprint density at radius 1 is 1.29 bits per heavy atom. The molecular weight excluding hydrogens is 260 g/mol. The van der Waals surface area contributed by atoms with Gasteiger partial charge in [-0.15, -0.1) is 0 Å². The minimum atomic E-state index is 0.284. The van der Waals surface area contributed by atoms with Gasteiger partial charge in [0.2, 0.25) is 0 Å². The van der Waals surface area contributed by atoms with Gasteiger partial charge in [-0.1, -0.05) is 25.1 Å². The summed E-state index contributed by atoms with van der Waals surface area (Å²) in [5, 5.41) is 14.6. The van der Waals surface area contributed by atoms with E-state index in [1.807, 2.05) is 0 Å². The number of aromatic amines is 1. The Balaban J connectivity index is 1.45. The van der Waals surface area contributed by atoms with Crippen LogP contribution in [-0.2, 0) is 6.42 Å². The Morgan fingerprint density at radius 2 is 2.05 bits per heavy atom. The largest absolute Gasteiger partial charge is 0.396 e. The van der Waals surface area contributed by atoms with Gasteiger partial charge in [-0.05, 0) is 49.1 Å². The van der Waals surface area contributed by atoms with E-state index in [0.29, 0.717) is 18.2 Å². The molecule has 21 heavy (non-hydrogen) atoms. The number of para-hydroxylation sites is 1. The summed E-state index contributed by atoms with van der Waals surface area (Å²) in [6, 6.07) is 9.06. The molecule has 1 heterocycles. The molecule has 3 saturated carbocycles. The van der Waals surface area contributed by atoms with Gasteiger partial charge in [0.25, 0.3) is 0 Å². The van der Waals surface area contributed by atoms with E-state index < -0.39 is 0 Å². The van der Waals surface area contributed by atoms with Gasteiger partial charge >= 0.3 is 0 Å². The second kappa shape index (κ2) is 4.59. The second-order valence-electron chi connectivity index (χ2n) is 7.28. The number of benzene rings is 1. The Kier molecular flexibility index (Phi) is 2.92. The zero-order valence-electron chi connectivity index (χ0n) is 12.7. The molecule has 3 nitrogen and oxygen atoms in total. The van der Waals surface area contributed by atoms with Gasteiger partial charge in [-0.2, -0.15) is 0 Å². The van der Waals surface area contributed by atoms with Crippen molar-refractivity contribution >= 4 is 10.9 Å². The molecule has 0 spiro atoms. The summed E-state index contributed by atoms with van der Waals surface area (Å²) in [6.07, 6.45) is 7.89. The predicted molar refractivity (Wildman–Crippen MR) is 85.3 cm³/mol. The lowest BCUT2D eigenvalue weighted by molar-refractivity contribution is -0.182. The maximum atomic E-state index is 9.38. The molecule has 1 aromatic carbocycles. The third kappa shape index (κ3) is 2.02. The second-order valence-corrected chi connectivity index (χ2v) is 7.28. The third-order valence-electron chi connectivity index (χ3n) is 5.62. The van der Waals surface area contributed by atoms with Crippen LogP contribution in [0.15, 0.2) is 30.5 Å². The quantitative estimate of drug-likeness (QED) is 0.763. The minimum absolute atomic E-state index is 0.284. The van der Waals surface area contributed by atoms with E-state index in [9.17, 15) is 5.11 Å². The van der Waals surface area contributed by atoms with Crippen LogP contribution in [0, 0.1) is 5.41 Å². The first kappa shape index (κ1) is 13.4. The Labute approximate surface area is 125 Å². The van der Waals surface area contributed by atoms with Crippen LogP contribution in [0.25, 0.3) is 10.9 Å². The normalized spacial score (nSPS) is 31.7. The predicted octanol–water partition coefficient (Wildman–Crippen LogP) is 2.99. The van der Waals surface area contributed by atoms with Crippen molar-refractivity contribution in [2.24, 2.45) is 5.41 Å². The number of fused-ring (bicyclic) bond motifs is 1. The summed E-state index contributed by atoms with van der Waals surface area (Å²) in [6.45, 7) is 2.63. The molecule has 0 aliphatic heterocycles. The van der Waals surface area contributed by atoms with Crippen LogP contribution in [0.3, 0.4) is 0 Å². The zero-order valence-corrected chi connectivity index (χ0v) is 12.7. The molecule has 3 aliphatic rings. The van der Waals surface area contributed by atoms with Crippen molar-refractivity contribution in [3.05, 3.63) is 36.0 Å². The minimum Gasteiger partial charge on any atom is -0.396 e. The zero-order chi connectivity index (χ0) is 14.5. The molecule has 112 valence electrons. The van der Waals surface area contributed by atoms with E-state index in [-0.39, 0.29) is 5.41 Å². The molecule has 0 radical (unpaired) electrons. The van der Waals surface area contributed by atoms with Crippen LogP contribution in [0.4, 0.5) is 0 Å². The Hall–Kier alpha value is -1.32. The van der Waals surface area contributed by atoms with E-state index in [4.69, 9.17) is 0 Å². The van der Waals surface area contributed by atoms with Crippen molar-refractivity contribution in [3.8, 4) is 0 Å². The molecule has 0 unspecified atom stereocenters. The van der Waals surface area contributed by atoms with Crippen molar-refractivity contribution in [1.29, 1.82) is 0 Å². The molecule has 5 rings (SSSR count). The Bertz CT molecular complexity index is 640. The lowest BCUT2D eigenvalue weighted by atomic mass is 9.39. The van der Waals surface area contributed by atoms with Gasteiger partial charge in [0.1, 0.15) is 0 Å². The molecule has 0 saturated heterocycles. The van der Waals surface area contributed by atoms with Crippen molar-refractivity contribution in [2.75, 3.05) is 6.61 Å². The van der Waals surface area contributed by atoms with E-state index >= 15 is 0 Å². The van der Waals surface area contributed by atoms with Crippen LogP contribution in [0.1, 0.15) is 38.2 Å². The molecule has 1 aromatic heterocycles. The van der Waals surface area contributed by atoms with E-state index in [2.05, 4.69) is 47.7 Å². The van der Waals surface area contributed by atoms with Gasteiger partial charge in [0, 0.05) is 35.3 Å². The van der Waals surface area contributed by atoms with Crippen molar-refractivity contribution in [1.82, 2.24) is 10.3 Å². The number of H-pyrrole nitrogens is 1. The third-order valence-corrected chi connectivity index (χ3v) is 5.62. The summed E-state index contributed by atoms with van der Waals surface area (Å²) in [4.78, 5) is 3.37. The standard InChI is InChI=1S/C18H24N2O/c1-2-14(20-18-9-17(10-18,11-18)12-21)7-13-8-19-16-6-4-3-5-15(13)16/h3-6,8,14,19-21H,2,7,9-12H2,1H3/t14-,17?,18?/m1/s1. The van der Waals surface area contributed by atoms with E-state index in [0.717, 1.165) is 12.8 Å². The number of aromatic nitrogens is 1. The summed E-state index contributed by atoms with van der Waals surface area (Å²) >= 11 is 0. The molecule has 3 N–H and O–H groups in total. The summed E-state index contributed by atoms with van der Waals surface area (Å²) in [7, 11) is 0. The molecular formula is C18H24N2O. The monoisotopic (exact) mass is 284 g/mol. The number of hydrogen-bond donors (Lipinski definition) is 3. The first-order valence-electron chi connectivity index (χ1n) is 8.11. The summed E-state index contributed by atoms with van der Waals surface area (Å²) in [5.41, 5.74) is 3.27. The highest BCUT2D eigenvalue weighted by Crippen LogP contribution is 2.67. The fourth-order valence-electron chi connectivity index (χ4n) is 4.62. The molecule has 3 fully saturated rings. The maximum Gasteiger partial charge on any atom is 0.0489 e. The SMILES string of the molecule is CC[C@H](Cc1c[nH]c2ccccc12)NC12CC(CO)(C1)C2. The fourth-order valence-corrected chi connectivity index (χ4v) is 4.62. The lowest BCUT2D eigenvalue weighted by Crippen LogP contribution is -2.76. The van der Waals surface area contributed by atoms with Gasteiger partial charge in [-0.3, -0.25) is 0 Å². The van der Waals surface area contributed by atoms with Gasteiger partial charge < -0.3 is 15.4 Å². The molecule has 2 bridgehead atoms. The van der Waals surface area contributed by atoms with Gasteiger partial charge in [0.05, 0.1) is 0 Å². The van der Waals surface area contributed by atoms with Crippen LogP contribution >= 0.6 is 0 Å². The molecule has 0 amide bonds. The molecule has 2 aromatic rings. The fraction of sp³-hybridized carbons (Fsp3) is 0.556. The summed E-state index contributed by atoms with van der Waals surface area (Å²) < 4.78 is 0. The van der Waals surface area contributed by atoms with Gasteiger partial charge in [0.15, 0.2) is 0 Å². The van der Waals surface area contributed by atoms with Gasteiger partial charge in [-0.25, -0.2) is 0 Å².